The van der Waals surface area contributed by atoms with E-state index in [4.69, 9.17) is 16.3 Å². The Hall–Kier alpha value is -0.340. The van der Waals surface area contributed by atoms with Crippen molar-refractivity contribution in [1.29, 1.82) is 0 Å². The first-order valence-corrected chi connectivity index (χ1v) is 7.24. The third-order valence-corrected chi connectivity index (χ3v) is 4.53. The van der Waals surface area contributed by atoms with Gasteiger partial charge in [0, 0.05) is 10.4 Å². The number of benzene rings is 1. The number of halogens is 1. The van der Waals surface area contributed by atoms with Crippen molar-refractivity contribution in [1.82, 2.24) is 0 Å². The standard InChI is InChI=1S/C14H19ClOS/c15-12-4-6-13(7-5-12)16-10-14(11-17)8-2-1-3-9-14/h4-7,17H,1-3,8-11H2. The van der Waals surface area contributed by atoms with Gasteiger partial charge in [-0.2, -0.15) is 12.6 Å². The Kier molecular flexibility index (Phi) is 4.63. The minimum atomic E-state index is 0.279. The summed E-state index contributed by atoms with van der Waals surface area (Å²) in [5.41, 5.74) is 0.279. The highest BCUT2D eigenvalue weighted by atomic mass is 35.5. The molecule has 17 heavy (non-hydrogen) atoms. The van der Waals surface area contributed by atoms with E-state index in [9.17, 15) is 0 Å². The summed E-state index contributed by atoms with van der Waals surface area (Å²) < 4.78 is 5.89. The summed E-state index contributed by atoms with van der Waals surface area (Å²) in [6, 6.07) is 7.59. The molecule has 1 aliphatic carbocycles. The van der Waals surface area contributed by atoms with Crippen LogP contribution in [-0.2, 0) is 0 Å². The molecule has 0 aliphatic heterocycles. The van der Waals surface area contributed by atoms with Crippen LogP contribution < -0.4 is 4.74 Å². The van der Waals surface area contributed by atoms with Crippen molar-refractivity contribution in [2.75, 3.05) is 12.4 Å². The van der Waals surface area contributed by atoms with Crippen molar-refractivity contribution < 1.29 is 4.74 Å². The van der Waals surface area contributed by atoms with Crippen LogP contribution in [0.5, 0.6) is 5.75 Å². The molecule has 3 heteroatoms. The maximum atomic E-state index is 5.89. The lowest BCUT2D eigenvalue weighted by atomic mass is 9.76. The van der Waals surface area contributed by atoms with Crippen molar-refractivity contribution in [3.63, 3.8) is 0 Å². The lowest BCUT2D eigenvalue weighted by molar-refractivity contribution is 0.121. The third kappa shape index (κ3) is 3.56. The van der Waals surface area contributed by atoms with E-state index in [1.807, 2.05) is 24.3 Å². The zero-order valence-electron chi connectivity index (χ0n) is 9.99. The maximum absolute atomic E-state index is 5.89. The van der Waals surface area contributed by atoms with E-state index >= 15 is 0 Å². The van der Waals surface area contributed by atoms with Crippen LogP contribution in [0.15, 0.2) is 24.3 Å². The molecule has 0 atom stereocenters. The molecule has 0 aromatic heterocycles. The molecule has 0 radical (unpaired) electrons. The van der Waals surface area contributed by atoms with Crippen LogP contribution in [-0.4, -0.2) is 12.4 Å². The summed E-state index contributed by atoms with van der Waals surface area (Å²) in [6.07, 6.45) is 6.46. The number of thiol groups is 1. The molecule has 1 saturated carbocycles. The van der Waals surface area contributed by atoms with Crippen LogP contribution in [0.3, 0.4) is 0 Å². The number of hydrogen-bond acceptors (Lipinski definition) is 2. The highest BCUT2D eigenvalue weighted by Gasteiger charge is 2.31. The van der Waals surface area contributed by atoms with Crippen molar-refractivity contribution in [3.8, 4) is 5.75 Å². The van der Waals surface area contributed by atoms with Gasteiger partial charge >= 0.3 is 0 Å². The van der Waals surface area contributed by atoms with Gasteiger partial charge in [0.2, 0.25) is 0 Å². The summed E-state index contributed by atoms with van der Waals surface area (Å²) in [5.74, 6) is 1.82. The predicted molar refractivity (Wildman–Crippen MR) is 76.3 cm³/mol. The second-order valence-corrected chi connectivity index (χ2v) is 5.71. The summed E-state index contributed by atoms with van der Waals surface area (Å²) in [5, 5.41) is 0.749. The molecule has 2 rings (SSSR count). The van der Waals surface area contributed by atoms with E-state index in [2.05, 4.69) is 12.6 Å². The second kappa shape index (κ2) is 6.01. The molecule has 1 aromatic carbocycles. The van der Waals surface area contributed by atoms with Crippen LogP contribution in [0.25, 0.3) is 0 Å². The van der Waals surface area contributed by atoms with Gasteiger partial charge in [-0.05, 0) is 42.9 Å². The zero-order valence-corrected chi connectivity index (χ0v) is 11.6. The Labute approximate surface area is 114 Å². The molecule has 0 saturated heterocycles. The fourth-order valence-corrected chi connectivity index (χ4v) is 2.95. The Morgan fingerprint density at radius 3 is 2.35 bits per heavy atom. The molecular weight excluding hydrogens is 252 g/mol. The number of rotatable bonds is 4. The van der Waals surface area contributed by atoms with Gasteiger partial charge < -0.3 is 4.74 Å². The lowest BCUT2D eigenvalue weighted by Crippen LogP contribution is -2.32. The average Bonchev–Trinajstić information content (AvgIpc) is 2.39. The molecule has 0 N–H and O–H groups in total. The highest BCUT2D eigenvalue weighted by Crippen LogP contribution is 2.37. The summed E-state index contributed by atoms with van der Waals surface area (Å²) >= 11 is 10.4. The molecule has 1 fully saturated rings. The fourth-order valence-electron chi connectivity index (χ4n) is 2.42. The summed E-state index contributed by atoms with van der Waals surface area (Å²) in [4.78, 5) is 0. The number of ether oxygens (including phenoxy) is 1. The smallest absolute Gasteiger partial charge is 0.119 e. The van der Waals surface area contributed by atoms with Crippen molar-refractivity contribution in [2.45, 2.75) is 32.1 Å². The van der Waals surface area contributed by atoms with Gasteiger partial charge in [-0.25, -0.2) is 0 Å². The maximum Gasteiger partial charge on any atom is 0.119 e. The van der Waals surface area contributed by atoms with E-state index < -0.39 is 0 Å². The molecule has 0 unspecified atom stereocenters. The lowest BCUT2D eigenvalue weighted by Gasteiger charge is -2.35. The van der Waals surface area contributed by atoms with Crippen LogP contribution in [0, 0.1) is 5.41 Å². The van der Waals surface area contributed by atoms with Crippen LogP contribution >= 0.6 is 24.2 Å². The molecule has 94 valence electrons. The monoisotopic (exact) mass is 270 g/mol. The van der Waals surface area contributed by atoms with Gasteiger partial charge in [0.05, 0.1) is 6.61 Å². The Bertz CT molecular complexity index is 344. The van der Waals surface area contributed by atoms with Gasteiger partial charge in [-0.15, -0.1) is 0 Å². The normalized spacial score (nSPS) is 18.9. The van der Waals surface area contributed by atoms with Gasteiger partial charge in [-0.1, -0.05) is 30.9 Å². The van der Waals surface area contributed by atoms with Gasteiger partial charge in [0.25, 0.3) is 0 Å². The topological polar surface area (TPSA) is 9.23 Å². The van der Waals surface area contributed by atoms with Gasteiger partial charge in [0.15, 0.2) is 0 Å². The zero-order chi connectivity index (χ0) is 12.1. The molecule has 0 bridgehead atoms. The first-order valence-electron chi connectivity index (χ1n) is 6.23. The van der Waals surface area contributed by atoms with Crippen LogP contribution in [0.2, 0.25) is 5.02 Å². The van der Waals surface area contributed by atoms with Crippen LogP contribution in [0.1, 0.15) is 32.1 Å². The SMILES string of the molecule is SCC1(COc2ccc(Cl)cc2)CCCCC1. The molecule has 1 aliphatic rings. The fraction of sp³-hybridized carbons (Fsp3) is 0.571. The average molecular weight is 271 g/mol. The summed E-state index contributed by atoms with van der Waals surface area (Å²) in [6.45, 7) is 0.776. The molecular formula is C14H19ClOS. The predicted octanol–water partition coefficient (Wildman–Crippen LogP) is 4.60. The summed E-state index contributed by atoms with van der Waals surface area (Å²) in [7, 11) is 0. The quantitative estimate of drug-likeness (QED) is 0.787. The van der Waals surface area contributed by atoms with Gasteiger partial charge in [0.1, 0.15) is 5.75 Å². The molecule has 0 amide bonds. The highest BCUT2D eigenvalue weighted by molar-refractivity contribution is 7.80. The van der Waals surface area contributed by atoms with Crippen molar-refractivity contribution in [2.24, 2.45) is 5.41 Å². The first kappa shape index (κ1) is 13.1. The molecule has 1 nitrogen and oxygen atoms in total. The Balaban J connectivity index is 1.93. The van der Waals surface area contributed by atoms with Gasteiger partial charge in [-0.3, -0.25) is 0 Å². The largest absolute Gasteiger partial charge is 0.493 e. The number of hydrogen-bond donors (Lipinski definition) is 1. The molecule has 0 spiro atoms. The van der Waals surface area contributed by atoms with E-state index in [1.165, 1.54) is 32.1 Å². The van der Waals surface area contributed by atoms with E-state index in [1.54, 1.807) is 0 Å². The Morgan fingerprint density at radius 2 is 1.76 bits per heavy atom. The van der Waals surface area contributed by atoms with Crippen LogP contribution in [0.4, 0.5) is 0 Å². The Morgan fingerprint density at radius 1 is 1.12 bits per heavy atom. The van der Waals surface area contributed by atoms with E-state index in [-0.39, 0.29) is 5.41 Å². The first-order chi connectivity index (χ1) is 8.24. The minimum absolute atomic E-state index is 0.279. The van der Waals surface area contributed by atoms with Crippen molar-refractivity contribution >= 4 is 24.2 Å². The van der Waals surface area contributed by atoms with E-state index in [0.717, 1.165) is 23.1 Å². The van der Waals surface area contributed by atoms with Crippen molar-refractivity contribution in [3.05, 3.63) is 29.3 Å². The second-order valence-electron chi connectivity index (χ2n) is 4.96. The third-order valence-electron chi connectivity index (χ3n) is 3.61. The minimum Gasteiger partial charge on any atom is -0.493 e. The molecule has 1 aromatic rings. The van der Waals surface area contributed by atoms with E-state index in [0.29, 0.717) is 0 Å². The molecule has 0 heterocycles.